The largest absolute Gasteiger partial charge is 0.409 e. The molecule has 25 heavy (non-hydrogen) atoms. The van der Waals surface area contributed by atoms with E-state index in [-0.39, 0.29) is 0 Å². The van der Waals surface area contributed by atoms with Gasteiger partial charge in [-0.25, -0.2) is 9.67 Å². The molecule has 5 nitrogen and oxygen atoms in total. The first-order chi connectivity index (χ1) is 12.2. The number of hydrogen-bond donors (Lipinski definition) is 0. The molecule has 4 aromatic rings. The molecule has 0 aliphatic carbocycles. The van der Waals surface area contributed by atoms with Gasteiger partial charge in [-0.1, -0.05) is 30.3 Å². The third kappa shape index (κ3) is 3.53. The van der Waals surface area contributed by atoms with Gasteiger partial charge < -0.3 is 4.42 Å². The van der Waals surface area contributed by atoms with Gasteiger partial charge in [0.15, 0.2) is 0 Å². The number of para-hydroxylation sites is 1. The Morgan fingerprint density at radius 1 is 1.12 bits per heavy atom. The molecule has 0 unspecified atom stereocenters. The second-order valence-corrected chi connectivity index (χ2v) is 7.23. The Kier molecular flexibility index (Phi) is 4.44. The van der Waals surface area contributed by atoms with E-state index in [1.54, 1.807) is 16.0 Å². The van der Waals surface area contributed by atoms with Crippen LogP contribution in [0.25, 0.3) is 21.7 Å². The van der Waals surface area contributed by atoms with Crippen LogP contribution in [0.2, 0.25) is 0 Å². The molecule has 4 rings (SSSR count). The molecule has 0 N–H and O–H groups in total. The van der Waals surface area contributed by atoms with Crippen molar-refractivity contribution in [3.8, 4) is 11.5 Å². The summed E-state index contributed by atoms with van der Waals surface area (Å²) in [5.74, 6) is 0.541. The smallest absolute Gasteiger partial charge is 0.288 e. The summed E-state index contributed by atoms with van der Waals surface area (Å²) in [4.78, 5) is 7.15. The monoisotopic (exact) mass is 368 g/mol. The van der Waals surface area contributed by atoms with Gasteiger partial charge in [0.25, 0.3) is 4.84 Å². The van der Waals surface area contributed by atoms with Crippen LogP contribution in [0.15, 0.2) is 59.0 Å². The van der Waals surface area contributed by atoms with E-state index < -0.39 is 0 Å². The van der Waals surface area contributed by atoms with Crippen molar-refractivity contribution in [1.29, 1.82) is 0 Å². The van der Waals surface area contributed by atoms with Crippen molar-refractivity contribution in [2.75, 3.05) is 7.05 Å². The lowest BCUT2D eigenvalue weighted by Crippen LogP contribution is -2.22. The highest BCUT2D eigenvalue weighted by Crippen LogP contribution is 2.22. The predicted molar refractivity (Wildman–Crippen MR) is 102 cm³/mol. The second-order valence-electron chi connectivity index (χ2n) is 5.77. The minimum atomic E-state index is 0.370. The predicted octanol–water partition coefficient (Wildman–Crippen LogP) is 4.57. The third-order valence-electron chi connectivity index (χ3n) is 3.75. The molecule has 7 heteroatoms. The maximum absolute atomic E-state index is 5.63. The summed E-state index contributed by atoms with van der Waals surface area (Å²) < 4.78 is 8.53. The van der Waals surface area contributed by atoms with E-state index in [1.165, 1.54) is 4.70 Å². The van der Waals surface area contributed by atoms with E-state index in [2.05, 4.69) is 21.0 Å². The van der Waals surface area contributed by atoms with Gasteiger partial charge in [0, 0.05) is 5.56 Å². The summed E-state index contributed by atoms with van der Waals surface area (Å²) in [6, 6.07) is 17.9. The maximum atomic E-state index is 5.63. The quantitative estimate of drug-likeness (QED) is 0.483. The molecular formula is C18H16N4OS2. The minimum Gasteiger partial charge on any atom is -0.409 e. The summed E-state index contributed by atoms with van der Waals surface area (Å²) in [5, 5.41) is 5.56. The van der Waals surface area contributed by atoms with E-state index >= 15 is 0 Å². The van der Waals surface area contributed by atoms with Crippen molar-refractivity contribution in [3.63, 3.8) is 0 Å². The maximum Gasteiger partial charge on any atom is 0.288 e. The molecule has 0 fully saturated rings. The highest BCUT2D eigenvalue weighted by Gasteiger charge is 2.11. The summed E-state index contributed by atoms with van der Waals surface area (Å²) in [6.07, 6.45) is 0. The zero-order chi connectivity index (χ0) is 17.2. The first-order valence-electron chi connectivity index (χ1n) is 7.85. The zero-order valence-electron chi connectivity index (χ0n) is 13.6. The van der Waals surface area contributed by atoms with E-state index in [4.69, 9.17) is 16.6 Å². The zero-order valence-corrected chi connectivity index (χ0v) is 15.3. The third-order valence-corrected chi connectivity index (χ3v) is 5.06. The van der Waals surface area contributed by atoms with Crippen LogP contribution >= 0.6 is 23.6 Å². The van der Waals surface area contributed by atoms with Gasteiger partial charge in [-0.05, 0) is 43.5 Å². The Balaban J connectivity index is 1.50. The number of fused-ring (bicyclic) bond motifs is 1. The molecule has 0 spiro atoms. The summed E-state index contributed by atoms with van der Waals surface area (Å²) >= 11 is 7.01. The standard InChI is InChI=1S/C18H16N4OS2/c1-21(11-16-19-14-9-5-6-10-15(14)25-16)12-22-18(24)23-17(20-22)13-7-3-2-4-8-13/h2-10H,11-12H2,1H3. The summed E-state index contributed by atoms with van der Waals surface area (Å²) in [6.45, 7) is 1.28. The van der Waals surface area contributed by atoms with Crippen LogP contribution in [0.5, 0.6) is 0 Å². The molecule has 2 aromatic carbocycles. The number of nitrogens with zero attached hydrogens (tertiary/aromatic N) is 4. The van der Waals surface area contributed by atoms with Crippen LogP contribution in [0.4, 0.5) is 0 Å². The minimum absolute atomic E-state index is 0.370. The molecule has 0 bridgehead atoms. The number of aromatic nitrogens is 3. The molecular weight excluding hydrogens is 352 g/mol. The van der Waals surface area contributed by atoms with Crippen molar-refractivity contribution >= 4 is 33.8 Å². The van der Waals surface area contributed by atoms with Crippen LogP contribution in [-0.4, -0.2) is 26.7 Å². The van der Waals surface area contributed by atoms with Crippen LogP contribution < -0.4 is 0 Å². The van der Waals surface area contributed by atoms with Crippen LogP contribution in [-0.2, 0) is 13.2 Å². The topological polar surface area (TPSA) is 47.1 Å². The van der Waals surface area contributed by atoms with Gasteiger partial charge in [-0.15, -0.1) is 16.4 Å². The molecule has 0 atom stereocenters. The fourth-order valence-electron chi connectivity index (χ4n) is 2.59. The highest BCUT2D eigenvalue weighted by atomic mass is 32.1. The molecule has 0 aliphatic rings. The van der Waals surface area contributed by atoms with E-state index in [9.17, 15) is 0 Å². The molecule has 0 saturated heterocycles. The fourth-order valence-corrected chi connectivity index (χ4v) is 3.82. The van der Waals surface area contributed by atoms with Gasteiger partial charge in [0.1, 0.15) is 5.01 Å². The van der Waals surface area contributed by atoms with Gasteiger partial charge >= 0.3 is 0 Å². The van der Waals surface area contributed by atoms with Gasteiger partial charge in [-0.2, -0.15) is 0 Å². The van der Waals surface area contributed by atoms with Crippen molar-refractivity contribution in [2.45, 2.75) is 13.2 Å². The number of benzene rings is 2. The Hall–Kier alpha value is -2.35. The number of hydrogen-bond acceptors (Lipinski definition) is 6. The average Bonchev–Trinajstić information content (AvgIpc) is 3.18. The molecule has 2 aromatic heterocycles. The molecule has 0 aliphatic heterocycles. The molecule has 0 saturated carbocycles. The van der Waals surface area contributed by atoms with E-state index in [1.807, 2.05) is 55.6 Å². The number of thiazole rings is 1. The first-order valence-corrected chi connectivity index (χ1v) is 9.08. The van der Waals surface area contributed by atoms with Crippen molar-refractivity contribution in [3.05, 3.63) is 64.4 Å². The van der Waals surface area contributed by atoms with Crippen molar-refractivity contribution in [2.24, 2.45) is 0 Å². The first kappa shape index (κ1) is 16.1. The number of rotatable bonds is 5. The van der Waals surface area contributed by atoms with Crippen LogP contribution in [0.3, 0.4) is 0 Å². The lowest BCUT2D eigenvalue weighted by Gasteiger charge is -2.13. The fraction of sp³-hybridized carbons (Fsp3) is 0.167. The Morgan fingerprint density at radius 3 is 2.68 bits per heavy atom. The molecule has 2 heterocycles. The Labute approximate surface area is 154 Å². The molecule has 0 amide bonds. The van der Waals surface area contributed by atoms with Crippen LogP contribution in [0.1, 0.15) is 5.01 Å². The van der Waals surface area contributed by atoms with Gasteiger partial charge in [-0.3, -0.25) is 4.90 Å². The van der Waals surface area contributed by atoms with Crippen LogP contribution in [0, 0.1) is 4.84 Å². The van der Waals surface area contributed by atoms with E-state index in [0.29, 0.717) is 17.4 Å². The van der Waals surface area contributed by atoms with Crippen molar-refractivity contribution < 1.29 is 4.42 Å². The SMILES string of the molecule is CN(Cc1nc2ccccc2s1)Cn1nc(-c2ccccc2)oc1=S. The van der Waals surface area contributed by atoms with Crippen molar-refractivity contribution in [1.82, 2.24) is 19.7 Å². The lowest BCUT2D eigenvalue weighted by atomic mass is 10.2. The normalized spacial score (nSPS) is 11.4. The van der Waals surface area contributed by atoms with Gasteiger partial charge in [0.2, 0.25) is 5.89 Å². The second kappa shape index (κ2) is 6.87. The lowest BCUT2D eigenvalue weighted by molar-refractivity contribution is 0.240. The Morgan fingerprint density at radius 2 is 1.88 bits per heavy atom. The van der Waals surface area contributed by atoms with Gasteiger partial charge in [0.05, 0.1) is 23.4 Å². The Bertz CT molecular complexity index is 1020. The summed E-state index contributed by atoms with van der Waals surface area (Å²) in [5.41, 5.74) is 1.96. The molecule has 0 radical (unpaired) electrons. The summed E-state index contributed by atoms with van der Waals surface area (Å²) in [7, 11) is 2.02. The van der Waals surface area contributed by atoms with E-state index in [0.717, 1.165) is 22.6 Å². The highest BCUT2D eigenvalue weighted by molar-refractivity contribution is 7.71. The average molecular weight is 368 g/mol. The molecule has 126 valence electrons.